The van der Waals surface area contributed by atoms with Crippen molar-refractivity contribution in [2.75, 3.05) is 0 Å². The molecule has 1 aromatic rings. The van der Waals surface area contributed by atoms with Gasteiger partial charge in [0, 0.05) is 0 Å². The van der Waals surface area contributed by atoms with Crippen LogP contribution in [0.25, 0.3) is 0 Å². The lowest BCUT2D eigenvalue weighted by molar-refractivity contribution is -0.119. The summed E-state index contributed by atoms with van der Waals surface area (Å²) in [5, 5.41) is 0. The summed E-state index contributed by atoms with van der Waals surface area (Å²) in [6, 6.07) is 8.40. The van der Waals surface area contributed by atoms with Crippen LogP contribution >= 0.6 is 0 Å². The molecule has 1 N–H and O–H groups in total. The van der Waals surface area contributed by atoms with Crippen molar-refractivity contribution >= 4 is 15.8 Å². The Labute approximate surface area is 95.4 Å². The molecule has 5 heteroatoms. The van der Waals surface area contributed by atoms with Gasteiger partial charge in [-0.05, 0) is 18.1 Å². The fourth-order valence-electron chi connectivity index (χ4n) is 1.58. The first-order valence-electron chi connectivity index (χ1n) is 5.16. The minimum Gasteiger partial charge on any atom is -0.270 e. The first-order chi connectivity index (χ1) is 7.53. The Kier molecular flexibility index (Phi) is 2.82. The van der Waals surface area contributed by atoms with Crippen LogP contribution in [0.5, 0.6) is 0 Å². The SMILES string of the molecule is CC(C)C1NS(=O)(c2ccccc2)=NC1=O. The maximum atomic E-state index is 12.4. The number of carbonyl (C=O) groups is 1. The van der Waals surface area contributed by atoms with Crippen LogP contribution in [-0.2, 0) is 14.7 Å². The van der Waals surface area contributed by atoms with Crippen molar-refractivity contribution in [2.45, 2.75) is 24.8 Å². The number of nitrogens with one attached hydrogen (secondary N) is 1. The fraction of sp³-hybridized carbons (Fsp3) is 0.364. The molecule has 0 fully saturated rings. The molecule has 16 heavy (non-hydrogen) atoms. The summed E-state index contributed by atoms with van der Waals surface area (Å²) in [6.07, 6.45) is 0. The highest BCUT2D eigenvalue weighted by Crippen LogP contribution is 2.20. The Morgan fingerprint density at radius 3 is 2.44 bits per heavy atom. The van der Waals surface area contributed by atoms with E-state index in [1.165, 1.54) is 0 Å². The van der Waals surface area contributed by atoms with E-state index >= 15 is 0 Å². The second kappa shape index (κ2) is 3.99. The maximum Gasteiger partial charge on any atom is 0.273 e. The average molecular weight is 238 g/mol. The summed E-state index contributed by atoms with van der Waals surface area (Å²) in [6.45, 7) is 3.81. The first-order valence-corrected chi connectivity index (χ1v) is 6.68. The lowest BCUT2D eigenvalue weighted by Crippen LogP contribution is -2.36. The molecule has 4 nitrogen and oxygen atoms in total. The summed E-state index contributed by atoms with van der Waals surface area (Å²) in [7, 11) is -2.75. The highest BCUT2D eigenvalue weighted by Gasteiger charge is 2.34. The lowest BCUT2D eigenvalue weighted by Gasteiger charge is -2.13. The molecule has 1 heterocycles. The van der Waals surface area contributed by atoms with Crippen LogP contribution in [0.1, 0.15) is 13.8 Å². The third-order valence-electron chi connectivity index (χ3n) is 2.50. The van der Waals surface area contributed by atoms with Gasteiger partial charge in [-0.2, -0.15) is 0 Å². The first kappa shape index (κ1) is 11.3. The van der Waals surface area contributed by atoms with Crippen molar-refractivity contribution in [2.24, 2.45) is 10.3 Å². The van der Waals surface area contributed by atoms with Crippen molar-refractivity contribution < 1.29 is 9.00 Å². The third-order valence-corrected chi connectivity index (χ3v) is 4.42. The van der Waals surface area contributed by atoms with Gasteiger partial charge in [0.15, 0.2) is 0 Å². The van der Waals surface area contributed by atoms with Gasteiger partial charge in [0.2, 0.25) is 0 Å². The molecule has 0 saturated heterocycles. The molecule has 2 rings (SSSR count). The zero-order chi connectivity index (χ0) is 11.8. The second-order valence-electron chi connectivity index (χ2n) is 4.11. The minimum atomic E-state index is -2.75. The van der Waals surface area contributed by atoms with E-state index in [2.05, 4.69) is 9.08 Å². The number of nitrogens with zero attached hydrogens (tertiary/aromatic N) is 1. The molecule has 0 aromatic heterocycles. The van der Waals surface area contributed by atoms with E-state index in [-0.39, 0.29) is 11.8 Å². The normalized spacial score (nSPS) is 29.4. The average Bonchev–Trinajstić information content (AvgIpc) is 2.57. The molecule has 0 bridgehead atoms. The topological polar surface area (TPSA) is 58.5 Å². The lowest BCUT2D eigenvalue weighted by atomic mass is 10.1. The molecule has 0 aliphatic carbocycles. The van der Waals surface area contributed by atoms with E-state index < -0.39 is 16.0 Å². The van der Waals surface area contributed by atoms with Crippen molar-refractivity contribution in [1.82, 2.24) is 4.72 Å². The van der Waals surface area contributed by atoms with E-state index in [0.29, 0.717) is 4.90 Å². The van der Waals surface area contributed by atoms with Crippen LogP contribution in [0.2, 0.25) is 0 Å². The molecular formula is C11H14N2O2S. The van der Waals surface area contributed by atoms with E-state index in [1.54, 1.807) is 24.3 Å². The van der Waals surface area contributed by atoms with Gasteiger partial charge in [-0.25, -0.2) is 8.93 Å². The van der Waals surface area contributed by atoms with Crippen molar-refractivity contribution in [3.63, 3.8) is 0 Å². The van der Waals surface area contributed by atoms with Gasteiger partial charge in [-0.1, -0.05) is 32.0 Å². The molecule has 1 aliphatic rings. The second-order valence-corrected chi connectivity index (χ2v) is 6.05. The van der Waals surface area contributed by atoms with Gasteiger partial charge in [0.25, 0.3) is 5.91 Å². The number of benzene rings is 1. The molecule has 0 spiro atoms. The molecule has 1 amide bonds. The predicted octanol–water partition coefficient (Wildman–Crippen LogP) is 1.58. The van der Waals surface area contributed by atoms with Crippen LogP contribution in [0.4, 0.5) is 0 Å². The van der Waals surface area contributed by atoms with E-state index in [4.69, 9.17) is 0 Å². The molecule has 86 valence electrons. The quantitative estimate of drug-likeness (QED) is 0.850. The van der Waals surface area contributed by atoms with Crippen molar-refractivity contribution in [3.8, 4) is 0 Å². The van der Waals surface area contributed by atoms with Crippen molar-refractivity contribution in [3.05, 3.63) is 30.3 Å². The van der Waals surface area contributed by atoms with Gasteiger partial charge >= 0.3 is 0 Å². The molecule has 2 atom stereocenters. The van der Waals surface area contributed by atoms with Crippen LogP contribution in [-0.4, -0.2) is 16.2 Å². The maximum absolute atomic E-state index is 12.4. The predicted molar refractivity (Wildman–Crippen MR) is 62.0 cm³/mol. The Balaban J connectivity index is 2.41. The number of hydrogen-bond acceptors (Lipinski definition) is 2. The van der Waals surface area contributed by atoms with Gasteiger partial charge < -0.3 is 0 Å². The minimum absolute atomic E-state index is 0.0864. The smallest absolute Gasteiger partial charge is 0.270 e. The molecule has 1 aliphatic heterocycles. The van der Waals surface area contributed by atoms with Crippen LogP contribution in [0, 0.1) is 5.92 Å². The van der Waals surface area contributed by atoms with Crippen LogP contribution < -0.4 is 4.72 Å². The summed E-state index contributed by atoms with van der Waals surface area (Å²) < 4.78 is 19.0. The summed E-state index contributed by atoms with van der Waals surface area (Å²) in [5.41, 5.74) is 0. The van der Waals surface area contributed by atoms with Crippen LogP contribution in [0.15, 0.2) is 39.6 Å². The molecular weight excluding hydrogens is 224 g/mol. The van der Waals surface area contributed by atoms with Gasteiger partial charge in [0.05, 0.1) is 4.90 Å². The zero-order valence-electron chi connectivity index (χ0n) is 9.21. The molecule has 2 unspecified atom stereocenters. The Morgan fingerprint density at radius 1 is 1.31 bits per heavy atom. The zero-order valence-corrected chi connectivity index (χ0v) is 10.0. The number of hydrogen-bond donors (Lipinski definition) is 1. The Bertz CT molecular complexity index is 516. The van der Waals surface area contributed by atoms with E-state index in [1.807, 2.05) is 19.9 Å². The molecule has 0 radical (unpaired) electrons. The highest BCUT2D eigenvalue weighted by atomic mass is 32.2. The van der Waals surface area contributed by atoms with Gasteiger partial charge in [0.1, 0.15) is 16.0 Å². The standard InChI is InChI=1S/C11H14N2O2S/c1-8(2)10-11(14)13-16(15,12-10)9-6-4-3-5-7-9/h3-8,10H,1-2H3,(H,12,13,14,15). The van der Waals surface area contributed by atoms with Gasteiger partial charge in [-0.3, -0.25) is 4.79 Å². The van der Waals surface area contributed by atoms with Crippen molar-refractivity contribution in [1.29, 1.82) is 0 Å². The van der Waals surface area contributed by atoms with Crippen LogP contribution in [0.3, 0.4) is 0 Å². The van der Waals surface area contributed by atoms with Gasteiger partial charge in [-0.15, -0.1) is 4.36 Å². The summed E-state index contributed by atoms with van der Waals surface area (Å²) >= 11 is 0. The largest absolute Gasteiger partial charge is 0.273 e. The molecule has 0 saturated carbocycles. The fourth-order valence-corrected chi connectivity index (χ4v) is 3.48. The van der Waals surface area contributed by atoms with E-state index in [9.17, 15) is 9.00 Å². The highest BCUT2D eigenvalue weighted by molar-refractivity contribution is 7.92. The summed E-state index contributed by atoms with van der Waals surface area (Å²) in [5.74, 6) is -0.229. The number of rotatable bonds is 2. The third kappa shape index (κ3) is 1.88. The monoisotopic (exact) mass is 238 g/mol. The molecule has 1 aromatic carbocycles. The number of amides is 1. The van der Waals surface area contributed by atoms with E-state index in [0.717, 1.165) is 0 Å². The Morgan fingerprint density at radius 2 is 1.94 bits per heavy atom. The Hall–Kier alpha value is -1.20. The number of carbonyl (C=O) groups excluding carboxylic acids is 1. The summed E-state index contributed by atoms with van der Waals surface area (Å²) in [4.78, 5) is 12.2.